The Hall–Kier alpha value is -2.10. The van der Waals surface area contributed by atoms with Crippen molar-refractivity contribution in [2.24, 2.45) is 0 Å². The summed E-state index contributed by atoms with van der Waals surface area (Å²) in [5.41, 5.74) is 1.84. The van der Waals surface area contributed by atoms with Crippen molar-refractivity contribution in [2.45, 2.75) is 19.7 Å². The molecule has 0 saturated carbocycles. The van der Waals surface area contributed by atoms with Crippen molar-refractivity contribution >= 4 is 5.91 Å². The van der Waals surface area contributed by atoms with Crippen molar-refractivity contribution in [3.63, 3.8) is 0 Å². The van der Waals surface area contributed by atoms with Crippen molar-refractivity contribution in [1.29, 1.82) is 0 Å². The number of aromatic nitrogens is 1. The predicted octanol–water partition coefficient (Wildman–Crippen LogP) is 2.89. The van der Waals surface area contributed by atoms with E-state index in [0.717, 1.165) is 31.5 Å². The molecule has 0 radical (unpaired) electrons. The Kier molecular flexibility index (Phi) is 2.77. The molecule has 3 rings (SSSR count). The monoisotopic (exact) mass is 257 g/mol. The quantitative estimate of drug-likeness (QED) is 0.831. The molecular formula is C15H16N2O2. The van der Waals surface area contributed by atoms with E-state index in [4.69, 9.17) is 5.89 Å². The number of carbonyl (C=O) groups excluding carboxylic acids is 1. The van der Waals surface area contributed by atoms with Gasteiger partial charge >= 0.3 is 0 Å². The first-order valence-corrected chi connectivity index (χ1v) is 6.43. The number of benzene rings is 1. The van der Waals surface area contributed by atoms with Crippen LogP contribution in [-0.2, 0) is 0 Å². The lowest BCUT2D eigenvalue weighted by atomic mass is 10.1. The zero-order valence-electron chi connectivity index (χ0n) is 11.6. The number of carbonyl (C=O) groups is 1. The molecule has 0 bridgehead atoms. The molecule has 1 aromatic heterocycles. The Bertz CT molecular complexity index is 604. The normalized spacial score (nSPS) is 15.6. The van der Waals surface area contributed by atoms with Crippen LogP contribution < -0.4 is 0 Å². The van der Waals surface area contributed by atoms with Gasteiger partial charge in [0.15, 0.2) is 0 Å². The maximum atomic E-state index is 12.6. The Morgan fingerprint density at radius 3 is 2.74 bits per heavy atom. The molecule has 1 aliphatic rings. The van der Waals surface area contributed by atoms with Gasteiger partial charge in [0.25, 0.3) is 5.91 Å². The van der Waals surface area contributed by atoms with Gasteiger partial charge in [-0.15, -0.1) is 0 Å². The van der Waals surface area contributed by atoms with Crippen LogP contribution in [0.2, 0.25) is 0 Å². The third-order valence-corrected chi connectivity index (χ3v) is 3.42. The molecule has 1 aromatic carbocycles. The number of amides is 1. The molecule has 98 valence electrons. The third-order valence-electron chi connectivity index (χ3n) is 3.42. The first kappa shape index (κ1) is 10.8. The Balaban J connectivity index is 2.04. The maximum Gasteiger partial charge on any atom is 0.259 e. The lowest BCUT2D eigenvalue weighted by Crippen LogP contribution is -2.28. The highest BCUT2D eigenvalue weighted by Crippen LogP contribution is 2.27. The van der Waals surface area contributed by atoms with Crippen molar-refractivity contribution in [1.82, 2.24) is 10.1 Å². The van der Waals surface area contributed by atoms with E-state index >= 15 is 0 Å². The van der Waals surface area contributed by atoms with Gasteiger partial charge in [-0.2, -0.15) is 0 Å². The number of likely N-dealkylation sites (tertiary alicyclic amines) is 1. The zero-order chi connectivity index (χ0) is 13.9. The minimum Gasteiger partial charge on any atom is -0.360 e. The predicted molar refractivity (Wildman–Crippen MR) is 71.8 cm³/mol. The third kappa shape index (κ3) is 2.14. The molecule has 1 aliphatic heterocycles. The first-order chi connectivity index (χ1) is 9.81. The average Bonchev–Trinajstić information content (AvgIpc) is 3.16. The van der Waals surface area contributed by atoms with Gasteiger partial charge in [-0.3, -0.25) is 4.79 Å². The minimum absolute atomic E-state index is 0.0650. The summed E-state index contributed by atoms with van der Waals surface area (Å²) in [7, 11) is 0. The first-order valence-electron chi connectivity index (χ1n) is 7.14. The average molecular weight is 257 g/mol. The van der Waals surface area contributed by atoms with Gasteiger partial charge in [0, 0.05) is 20.0 Å². The summed E-state index contributed by atoms with van der Waals surface area (Å²) in [6, 6.07) is 9.50. The van der Waals surface area contributed by atoms with Gasteiger partial charge < -0.3 is 9.42 Å². The number of hydrogen-bond donors (Lipinski definition) is 0. The van der Waals surface area contributed by atoms with Crippen molar-refractivity contribution in [3.8, 4) is 11.3 Å². The van der Waals surface area contributed by atoms with Crippen LogP contribution in [-0.4, -0.2) is 29.1 Å². The molecule has 0 atom stereocenters. The fourth-order valence-electron chi connectivity index (χ4n) is 2.42. The Morgan fingerprint density at radius 1 is 1.32 bits per heavy atom. The van der Waals surface area contributed by atoms with Gasteiger partial charge in [0.2, 0.25) is 0 Å². The molecule has 1 amide bonds. The van der Waals surface area contributed by atoms with E-state index in [1.165, 1.54) is 0 Å². The molecule has 0 spiro atoms. The second kappa shape index (κ2) is 4.88. The van der Waals surface area contributed by atoms with Gasteiger partial charge in [0.1, 0.15) is 17.0 Å². The van der Waals surface area contributed by atoms with Crippen LogP contribution >= 0.6 is 0 Å². The van der Waals surface area contributed by atoms with Crippen LogP contribution in [0.3, 0.4) is 0 Å². The van der Waals surface area contributed by atoms with Gasteiger partial charge in [-0.1, -0.05) is 35.5 Å². The summed E-state index contributed by atoms with van der Waals surface area (Å²) in [5, 5.41) is 4.01. The van der Waals surface area contributed by atoms with Crippen molar-refractivity contribution in [3.05, 3.63) is 41.7 Å². The molecule has 2 heterocycles. The van der Waals surface area contributed by atoms with E-state index in [1.54, 1.807) is 0 Å². The molecule has 19 heavy (non-hydrogen) atoms. The molecule has 4 heteroatoms. The van der Waals surface area contributed by atoms with Gasteiger partial charge in [-0.05, 0) is 19.7 Å². The van der Waals surface area contributed by atoms with Crippen LogP contribution in [0.15, 0.2) is 34.9 Å². The Morgan fingerprint density at radius 2 is 2.05 bits per heavy atom. The van der Waals surface area contributed by atoms with Crippen molar-refractivity contribution in [2.75, 3.05) is 13.1 Å². The van der Waals surface area contributed by atoms with E-state index in [0.29, 0.717) is 17.0 Å². The lowest BCUT2D eigenvalue weighted by Gasteiger charge is -2.15. The Labute approximate surface area is 113 Å². The molecule has 0 aliphatic carbocycles. The second-order valence-electron chi connectivity index (χ2n) is 4.69. The SMILES string of the molecule is [2H]Cc1onc(-c2ccccc2)c1C(=O)N1CCCC1. The number of rotatable bonds is 2. The highest BCUT2D eigenvalue weighted by Gasteiger charge is 2.27. The van der Waals surface area contributed by atoms with Crippen LogP contribution in [0, 0.1) is 6.90 Å². The smallest absolute Gasteiger partial charge is 0.259 e. The maximum absolute atomic E-state index is 12.6. The zero-order valence-corrected chi connectivity index (χ0v) is 10.6. The summed E-state index contributed by atoms with van der Waals surface area (Å²) in [4.78, 5) is 14.4. The summed E-state index contributed by atoms with van der Waals surface area (Å²) in [6.45, 7) is 1.47. The second-order valence-corrected chi connectivity index (χ2v) is 4.69. The van der Waals surface area contributed by atoms with E-state index in [9.17, 15) is 4.79 Å². The van der Waals surface area contributed by atoms with E-state index in [2.05, 4.69) is 5.16 Å². The van der Waals surface area contributed by atoms with Crippen LogP contribution in [0.5, 0.6) is 0 Å². The lowest BCUT2D eigenvalue weighted by molar-refractivity contribution is 0.0791. The number of aryl methyl sites for hydroxylation is 1. The fourth-order valence-corrected chi connectivity index (χ4v) is 2.42. The molecule has 0 unspecified atom stereocenters. The van der Waals surface area contributed by atoms with Crippen LogP contribution in [0.1, 0.15) is 30.3 Å². The fraction of sp³-hybridized carbons (Fsp3) is 0.333. The summed E-state index contributed by atoms with van der Waals surface area (Å²) < 4.78 is 12.7. The van der Waals surface area contributed by atoms with Gasteiger partial charge in [0.05, 0.1) is 0 Å². The van der Waals surface area contributed by atoms with E-state index in [1.807, 2.05) is 35.2 Å². The highest BCUT2D eigenvalue weighted by molar-refractivity contribution is 6.00. The summed E-state index contributed by atoms with van der Waals surface area (Å²) in [5.74, 6) is 0.283. The number of hydrogen-bond acceptors (Lipinski definition) is 3. The van der Waals surface area contributed by atoms with Gasteiger partial charge in [-0.25, -0.2) is 0 Å². The molecular weight excluding hydrogens is 240 g/mol. The molecule has 4 nitrogen and oxygen atoms in total. The largest absolute Gasteiger partial charge is 0.360 e. The number of nitrogens with zero attached hydrogens (tertiary/aromatic N) is 2. The summed E-state index contributed by atoms with van der Waals surface area (Å²) >= 11 is 0. The molecule has 1 fully saturated rings. The highest BCUT2D eigenvalue weighted by atomic mass is 16.5. The molecule has 1 saturated heterocycles. The van der Waals surface area contributed by atoms with E-state index in [-0.39, 0.29) is 12.8 Å². The van der Waals surface area contributed by atoms with Crippen molar-refractivity contribution < 1.29 is 10.7 Å². The summed E-state index contributed by atoms with van der Waals surface area (Å²) in [6.07, 6.45) is 2.07. The van der Waals surface area contributed by atoms with Crippen LogP contribution in [0.25, 0.3) is 11.3 Å². The standard InChI is InChI=1S/C15H16N2O2/c1-11-13(15(18)17-9-5-6-10-17)14(16-19-11)12-7-3-2-4-8-12/h2-4,7-8H,5-6,9-10H2,1H3/i1D. The topological polar surface area (TPSA) is 46.3 Å². The molecule has 2 aromatic rings. The van der Waals surface area contributed by atoms with Crippen LogP contribution in [0.4, 0.5) is 0 Å². The minimum atomic E-state index is -0.0747. The van der Waals surface area contributed by atoms with E-state index < -0.39 is 0 Å². The molecule has 0 N–H and O–H groups in total.